The van der Waals surface area contributed by atoms with Gasteiger partial charge in [0, 0.05) is 5.56 Å². The van der Waals surface area contributed by atoms with Crippen LogP contribution in [-0.4, -0.2) is 12.1 Å². The van der Waals surface area contributed by atoms with Crippen LogP contribution in [0.2, 0.25) is 0 Å². The van der Waals surface area contributed by atoms with Crippen LogP contribution in [0.4, 0.5) is 0 Å². The number of Topliss-reactive ketones (excluding diaryl/α,β-unsaturated/α-hetero) is 1. The van der Waals surface area contributed by atoms with Crippen molar-refractivity contribution in [1.82, 2.24) is 0 Å². The molecule has 0 saturated heterocycles. The SMILES string of the molecule is CC(C)c1ccc(C(=O)C=O)cc1. The van der Waals surface area contributed by atoms with Crippen LogP contribution in [0.1, 0.15) is 35.7 Å². The van der Waals surface area contributed by atoms with Gasteiger partial charge < -0.3 is 0 Å². The van der Waals surface area contributed by atoms with Crippen molar-refractivity contribution in [1.29, 1.82) is 0 Å². The Labute approximate surface area is 77.6 Å². The van der Waals surface area contributed by atoms with Gasteiger partial charge >= 0.3 is 0 Å². The summed E-state index contributed by atoms with van der Waals surface area (Å²) < 4.78 is 0. The fraction of sp³-hybridized carbons (Fsp3) is 0.273. The lowest BCUT2D eigenvalue weighted by atomic mass is 10.0. The first kappa shape index (κ1) is 9.65. The first-order valence-electron chi connectivity index (χ1n) is 4.24. The van der Waals surface area contributed by atoms with Crippen molar-refractivity contribution in [2.24, 2.45) is 0 Å². The molecule has 2 nitrogen and oxygen atoms in total. The van der Waals surface area contributed by atoms with E-state index in [1.54, 1.807) is 12.1 Å². The van der Waals surface area contributed by atoms with Crippen LogP contribution in [-0.2, 0) is 4.79 Å². The number of ketones is 1. The van der Waals surface area contributed by atoms with Gasteiger partial charge in [-0.15, -0.1) is 0 Å². The monoisotopic (exact) mass is 176 g/mol. The summed E-state index contributed by atoms with van der Waals surface area (Å²) in [6, 6.07) is 7.13. The molecule has 0 radical (unpaired) electrons. The van der Waals surface area contributed by atoms with Gasteiger partial charge in [-0.1, -0.05) is 38.1 Å². The normalized spacial score (nSPS) is 10.1. The van der Waals surface area contributed by atoms with Crippen molar-refractivity contribution >= 4 is 12.1 Å². The summed E-state index contributed by atoms with van der Waals surface area (Å²) in [6.07, 6.45) is 0.338. The van der Waals surface area contributed by atoms with Crippen LogP contribution in [0.25, 0.3) is 0 Å². The third-order valence-electron chi connectivity index (χ3n) is 1.97. The van der Waals surface area contributed by atoms with Crippen LogP contribution in [0.15, 0.2) is 24.3 Å². The topological polar surface area (TPSA) is 34.1 Å². The van der Waals surface area contributed by atoms with Crippen molar-refractivity contribution in [3.63, 3.8) is 0 Å². The standard InChI is InChI=1S/C11H12O2/c1-8(2)9-3-5-10(6-4-9)11(13)7-12/h3-8H,1-2H3. The van der Waals surface area contributed by atoms with E-state index in [-0.39, 0.29) is 0 Å². The molecule has 0 amide bonds. The van der Waals surface area contributed by atoms with Crippen molar-refractivity contribution in [3.8, 4) is 0 Å². The van der Waals surface area contributed by atoms with Gasteiger partial charge in [0.15, 0.2) is 6.29 Å². The maximum Gasteiger partial charge on any atom is 0.225 e. The molecule has 0 aliphatic rings. The zero-order valence-electron chi connectivity index (χ0n) is 7.78. The average molecular weight is 176 g/mol. The summed E-state index contributed by atoms with van der Waals surface area (Å²) in [5.74, 6) is -0.0179. The van der Waals surface area contributed by atoms with Crippen LogP contribution >= 0.6 is 0 Å². The quantitative estimate of drug-likeness (QED) is 0.402. The zero-order valence-corrected chi connectivity index (χ0v) is 7.78. The number of rotatable bonds is 3. The van der Waals surface area contributed by atoms with E-state index in [0.717, 1.165) is 0 Å². The number of aldehydes is 1. The van der Waals surface area contributed by atoms with Gasteiger partial charge in [-0.3, -0.25) is 9.59 Å². The van der Waals surface area contributed by atoms with E-state index in [9.17, 15) is 9.59 Å². The van der Waals surface area contributed by atoms with Crippen molar-refractivity contribution < 1.29 is 9.59 Å². The summed E-state index contributed by atoms with van der Waals surface area (Å²) in [5.41, 5.74) is 1.63. The lowest BCUT2D eigenvalue weighted by Gasteiger charge is -2.04. The molecule has 0 atom stereocenters. The third kappa shape index (κ3) is 2.25. The minimum atomic E-state index is -0.463. The fourth-order valence-corrected chi connectivity index (χ4v) is 1.10. The van der Waals surface area contributed by atoms with Gasteiger partial charge in [-0.05, 0) is 11.5 Å². The highest BCUT2D eigenvalue weighted by Gasteiger charge is 2.04. The van der Waals surface area contributed by atoms with Gasteiger partial charge in [-0.25, -0.2) is 0 Å². The Bertz CT molecular complexity index is 309. The van der Waals surface area contributed by atoms with Gasteiger partial charge in [0.25, 0.3) is 0 Å². The summed E-state index contributed by atoms with van der Waals surface area (Å²) >= 11 is 0. The number of hydrogen-bond donors (Lipinski definition) is 0. The minimum Gasteiger partial charge on any atom is -0.294 e. The smallest absolute Gasteiger partial charge is 0.225 e. The highest BCUT2D eigenvalue weighted by Crippen LogP contribution is 2.14. The summed E-state index contributed by atoms with van der Waals surface area (Å²) in [4.78, 5) is 21.1. The second kappa shape index (κ2) is 3.99. The highest BCUT2D eigenvalue weighted by molar-refractivity contribution is 6.33. The Kier molecular flexibility index (Phi) is 2.96. The molecule has 0 heterocycles. The van der Waals surface area contributed by atoms with Crippen molar-refractivity contribution in [2.75, 3.05) is 0 Å². The van der Waals surface area contributed by atoms with Crippen molar-refractivity contribution in [3.05, 3.63) is 35.4 Å². The first-order valence-corrected chi connectivity index (χ1v) is 4.24. The number of hydrogen-bond acceptors (Lipinski definition) is 2. The molecule has 68 valence electrons. The summed E-state index contributed by atoms with van der Waals surface area (Å²) in [6.45, 7) is 4.16. The second-order valence-corrected chi connectivity index (χ2v) is 3.26. The van der Waals surface area contributed by atoms with Crippen LogP contribution < -0.4 is 0 Å². The highest BCUT2D eigenvalue weighted by atomic mass is 16.2. The third-order valence-corrected chi connectivity index (χ3v) is 1.97. The Morgan fingerprint density at radius 3 is 2.15 bits per heavy atom. The molecule has 0 unspecified atom stereocenters. The molecule has 13 heavy (non-hydrogen) atoms. The number of benzene rings is 1. The molecular weight excluding hydrogens is 164 g/mol. The number of carbonyl (C=O) groups excluding carboxylic acids is 2. The molecule has 2 heteroatoms. The van der Waals surface area contributed by atoms with E-state index in [2.05, 4.69) is 13.8 Å². The second-order valence-electron chi connectivity index (χ2n) is 3.26. The lowest BCUT2D eigenvalue weighted by Crippen LogP contribution is -1.99. The van der Waals surface area contributed by atoms with E-state index in [4.69, 9.17) is 0 Å². The molecule has 0 bridgehead atoms. The maximum atomic E-state index is 10.9. The van der Waals surface area contributed by atoms with E-state index < -0.39 is 5.78 Å². The van der Waals surface area contributed by atoms with E-state index >= 15 is 0 Å². The summed E-state index contributed by atoms with van der Waals surface area (Å²) in [5, 5.41) is 0. The van der Waals surface area contributed by atoms with Gasteiger partial charge in [-0.2, -0.15) is 0 Å². The van der Waals surface area contributed by atoms with E-state index in [0.29, 0.717) is 17.8 Å². The van der Waals surface area contributed by atoms with Gasteiger partial charge in [0.05, 0.1) is 0 Å². The van der Waals surface area contributed by atoms with Crippen LogP contribution in [0, 0.1) is 0 Å². The van der Waals surface area contributed by atoms with E-state index in [1.165, 1.54) is 5.56 Å². The fourth-order valence-electron chi connectivity index (χ4n) is 1.10. The minimum absolute atomic E-state index is 0.338. The van der Waals surface area contributed by atoms with Gasteiger partial charge in [0.1, 0.15) is 0 Å². The molecule has 0 spiro atoms. The molecule has 1 aromatic carbocycles. The van der Waals surface area contributed by atoms with E-state index in [1.807, 2.05) is 12.1 Å². The predicted molar refractivity (Wildman–Crippen MR) is 50.9 cm³/mol. The van der Waals surface area contributed by atoms with Gasteiger partial charge in [0.2, 0.25) is 5.78 Å². The molecule has 0 aromatic heterocycles. The first-order chi connectivity index (χ1) is 6.15. The largest absolute Gasteiger partial charge is 0.294 e. The molecule has 1 rings (SSSR count). The molecule has 0 fully saturated rings. The molecule has 0 N–H and O–H groups in total. The molecule has 0 aliphatic heterocycles. The molecular formula is C11H12O2. The predicted octanol–water partition coefficient (Wildman–Crippen LogP) is 2.19. The number of carbonyl (C=O) groups is 2. The Hall–Kier alpha value is -1.44. The molecule has 0 saturated carbocycles. The maximum absolute atomic E-state index is 10.9. The lowest BCUT2D eigenvalue weighted by molar-refractivity contribution is -0.104. The average Bonchev–Trinajstić information content (AvgIpc) is 2.17. The Morgan fingerprint density at radius 1 is 1.23 bits per heavy atom. The summed E-state index contributed by atoms with van der Waals surface area (Å²) in [7, 11) is 0. The Balaban J connectivity index is 2.93. The Morgan fingerprint density at radius 2 is 1.77 bits per heavy atom. The molecule has 0 aliphatic carbocycles. The van der Waals surface area contributed by atoms with Crippen LogP contribution in [0.5, 0.6) is 0 Å². The zero-order chi connectivity index (χ0) is 9.84. The van der Waals surface area contributed by atoms with Crippen molar-refractivity contribution in [2.45, 2.75) is 19.8 Å². The van der Waals surface area contributed by atoms with Crippen LogP contribution in [0.3, 0.4) is 0 Å². The molecule has 1 aromatic rings.